The van der Waals surface area contributed by atoms with Crippen molar-refractivity contribution in [2.75, 3.05) is 25.7 Å². The number of methoxy groups -OCH3 is 2. The van der Waals surface area contributed by atoms with Gasteiger partial charge in [0.1, 0.15) is 23.8 Å². The summed E-state index contributed by atoms with van der Waals surface area (Å²) in [7, 11) is 2.92. The van der Waals surface area contributed by atoms with Gasteiger partial charge in [-0.2, -0.15) is 0 Å². The molecule has 2 amide bonds. The van der Waals surface area contributed by atoms with E-state index in [0.717, 1.165) is 0 Å². The van der Waals surface area contributed by atoms with Crippen molar-refractivity contribution in [2.45, 2.75) is 13.5 Å². The Morgan fingerprint density at radius 3 is 2.52 bits per heavy atom. The van der Waals surface area contributed by atoms with Crippen molar-refractivity contribution >= 4 is 29.1 Å². The summed E-state index contributed by atoms with van der Waals surface area (Å²) in [6.45, 7) is 1.41. The third-order valence-corrected chi connectivity index (χ3v) is 3.76. The third-order valence-electron chi connectivity index (χ3n) is 3.47. The lowest BCUT2D eigenvalue weighted by molar-refractivity contribution is -0.123. The summed E-state index contributed by atoms with van der Waals surface area (Å²) < 4.78 is 15.6. The Balaban J connectivity index is 2.19. The molecule has 1 N–H and O–H groups in total. The molecule has 2 rings (SSSR count). The van der Waals surface area contributed by atoms with E-state index in [0.29, 0.717) is 28.0 Å². The molecule has 25 heavy (non-hydrogen) atoms. The molecule has 7 nitrogen and oxygen atoms in total. The highest BCUT2D eigenvalue weighted by atomic mass is 35.5. The SMILES string of the molecule is COc1cc(N(CC(=O)NCc2ccco2)C(C)=O)c(OC)cc1Cl. The van der Waals surface area contributed by atoms with Gasteiger partial charge in [0.25, 0.3) is 0 Å². The Morgan fingerprint density at radius 2 is 1.96 bits per heavy atom. The quantitative estimate of drug-likeness (QED) is 0.814. The van der Waals surface area contributed by atoms with Gasteiger partial charge in [-0.05, 0) is 12.1 Å². The number of hydrogen-bond acceptors (Lipinski definition) is 5. The molecule has 1 aromatic carbocycles. The van der Waals surface area contributed by atoms with E-state index >= 15 is 0 Å². The number of rotatable bonds is 7. The van der Waals surface area contributed by atoms with Crippen LogP contribution in [0.2, 0.25) is 5.02 Å². The molecule has 0 atom stereocenters. The summed E-state index contributed by atoms with van der Waals surface area (Å²) >= 11 is 6.08. The van der Waals surface area contributed by atoms with Crippen LogP contribution in [0.3, 0.4) is 0 Å². The summed E-state index contributed by atoms with van der Waals surface area (Å²) in [4.78, 5) is 25.6. The van der Waals surface area contributed by atoms with Gasteiger partial charge in [0.05, 0.1) is 37.7 Å². The maximum absolute atomic E-state index is 12.2. The minimum Gasteiger partial charge on any atom is -0.495 e. The Labute approximate surface area is 150 Å². The van der Waals surface area contributed by atoms with E-state index in [1.165, 1.54) is 38.4 Å². The van der Waals surface area contributed by atoms with Crippen LogP contribution in [0.5, 0.6) is 11.5 Å². The van der Waals surface area contributed by atoms with Crippen molar-refractivity contribution in [3.8, 4) is 11.5 Å². The summed E-state index contributed by atoms with van der Waals surface area (Å²) in [5.41, 5.74) is 0.393. The van der Waals surface area contributed by atoms with Gasteiger partial charge in [-0.25, -0.2) is 0 Å². The molecular weight excluding hydrogens is 348 g/mol. The standard InChI is InChI=1S/C17H19ClN2O5/c1-11(21)20(10-17(22)19-9-12-5-4-6-25-12)14-8-15(23-2)13(18)7-16(14)24-3/h4-8H,9-10H2,1-3H3,(H,19,22). The minimum absolute atomic E-state index is 0.183. The molecular formula is C17H19ClN2O5. The first-order chi connectivity index (χ1) is 12.0. The van der Waals surface area contributed by atoms with E-state index in [4.69, 9.17) is 25.5 Å². The lowest BCUT2D eigenvalue weighted by atomic mass is 10.2. The summed E-state index contributed by atoms with van der Waals surface area (Å²) in [5.74, 6) is 0.686. The van der Waals surface area contributed by atoms with E-state index in [-0.39, 0.29) is 24.9 Å². The first-order valence-electron chi connectivity index (χ1n) is 7.45. The van der Waals surface area contributed by atoms with E-state index in [9.17, 15) is 9.59 Å². The van der Waals surface area contributed by atoms with E-state index in [2.05, 4.69) is 5.32 Å². The van der Waals surface area contributed by atoms with Gasteiger partial charge in [0, 0.05) is 19.1 Å². The predicted octanol–water partition coefficient (Wildman–Crippen LogP) is 2.62. The van der Waals surface area contributed by atoms with Crippen LogP contribution >= 0.6 is 11.6 Å². The molecule has 0 bridgehead atoms. The number of halogens is 1. The van der Waals surface area contributed by atoms with Crippen molar-refractivity contribution < 1.29 is 23.5 Å². The van der Waals surface area contributed by atoms with Crippen molar-refractivity contribution in [1.29, 1.82) is 0 Å². The molecule has 8 heteroatoms. The third kappa shape index (κ3) is 4.67. The van der Waals surface area contributed by atoms with Crippen LogP contribution in [0.4, 0.5) is 5.69 Å². The number of carbonyl (C=O) groups excluding carboxylic acids is 2. The van der Waals surface area contributed by atoms with E-state index in [1.54, 1.807) is 18.2 Å². The number of carbonyl (C=O) groups is 2. The van der Waals surface area contributed by atoms with Gasteiger partial charge in [-0.15, -0.1) is 0 Å². The van der Waals surface area contributed by atoms with Gasteiger partial charge in [0.2, 0.25) is 11.8 Å². The fourth-order valence-corrected chi connectivity index (χ4v) is 2.45. The van der Waals surface area contributed by atoms with Crippen LogP contribution in [-0.2, 0) is 16.1 Å². The predicted molar refractivity (Wildman–Crippen MR) is 93.1 cm³/mol. The highest BCUT2D eigenvalue weighted by Gasteiger charge is 2.21. The van der Waals surface area contributed by atoms with Gasteiger partial charge in [0.15, 0.2) is 0 Å². The average molecular weight is 367 g/mol. The lowest BCUT2D eigenvalue weighted by Crippen LogP contribution is -2.39. The molecule has 0 aliphatic carbocycles. The second-order valence-electron chi connectivity index (χ2n) is 5.12. The highest BCUT2D eigenvalue weighted by molar-refractivity contribution is 6.32. The van der Waals surface area contributed by atoms with Gasteiger partial charge in [-0.3, -0.25) is 14.5 Å². The number of nitrogens with zero attached hydrogens (tertiary/aromatic N) is 1. The molecule has 0 spiro atoms. The normalized spacial score (nSPS) is 10.2. The molecule has 0 saturated heterocycles. The smallest absolute Gasteiger partial charge is 0.240 e. The number of anilines is 1. The first-order valence-corrected chi connectivity index (χ1v) is 7.82. The second kappa shape index (κ2) is 8.43. The van der Waals surface area contributed by atoms with Crippen molar-refractivity contribution in [2.24, 2.45) is 0 Å². The number of hydrogen-bond donors (Lipinski definition) is 1. The fourth-order valence-electron chi connectivity index (χ4n) is 2.22. The molecule has 0 aliphatic rings. The Bertz CT molecular complexity index is 746. The molecule has 0 fully saturated rings. The van der Waals surface area contributed by atoms with Crippen molar-refractivity contribution in [3.63, 3.8) is 0 Å². The minimum atomic E-state index is -0.345. The maximum atomic E-state index is 12.2. The number of furan rings is 1. The lowest BCUT2D eigenvalue weighted by Gasteiger charge is -2.23. The molecule has 0 radical (unpaired) electrons. The van der Waals surface area contributed by atoms with Crippen molar-refractivity contribution in [3.05, 3.63) is 41.3 Å². The van der Waals surface area contributed by atoms with Gasteiger partial charge >= 0.3 is 0 Å². The number of benzene rings is 1. The fraction of sp³-hybridized carbons (Fsp3) is 0.294. The molecule has 0 aliphatic heterocycles. The average Bonchev–Trinajstić information content (AvgIpc) is 3.11. The summed E-state index contributed by atoms with van der Waals surface area (Å²) in [6, 6.07) is 6.57. The van der Waals surface area contributed by atoms with Gasteiger partial charge < -0.3 is 19.2 Å². The first kappa shape index (κ1) is 18.7. The topological polar surface area (TPSA) is 81.0 Å². The zero-order valence-electron chi connectivity index (χ0n) is 14.2. The Hall–Kier alpha value is -2.67. The van der Waals surface area contributed by atoms with Crippen LogP contribution in [0.15, 0.2) is 34.9 Å². The van der Waals surface area contributed by atoms with E-state index < -0.39 is 0 Å². The molecule has 2 aromatic rings. The van der Waals surface area contributed by atoms with Gasteiger partial charge in [-0.1, -0.05) is 11.6 Å². The molecule has 0 unspecified atom stereocenters. The monoisotopic (exact) mass is 366 g/mol. The van der Waals surface area contributed by atoms with Crippen LogP contribution in [0, 0.1) is 0 Å². The Morgan fingerprint density at radius 1 is 1.24 bits per heavy atom. The van der Waals surface area contributed by atoms with Crippen LogP contribution in [0.1, 0.15) is 12.7 Å². The van der Waals surface area contributed by atoms with E-state index in [1.807, 2.05) is 0 Å². The highest BCUT2D eigenvalue weighted by Crippen LogP contribution is 2.38. The molecule has 1 heterocycles. The summed E-state index contributed by atoms with van der Waals surface area (Å²) in [6.07, 6.45) is 1.52. The number of amides is 2. The van der Waals surface area contributed by atoms with Crippen LogP contribution < -0.4 is 19.7 Å². The second-order valence-corrected chi connectivity index (χ2v) is 5.53. The zero-order valence-corrected chi connectivity index (χ0v) is 14.9. The largest absolute Gasteiger partial charge is 0.495 e. The summed E-state index contributed by atoms with van der Waals surface area (Å²) in [5, 5.41) is 3.03. The maximum Gasteiger partial charge on any atom is 0.240 e. The molecule has 134 valence electrons. The molecule has 0 saturated carbocycles. The van der Waals surface area contributed by atoms with Crippen LogP contribution in [-0.4, -0.2) is 32.6 Å². The Kier molecular flexibility index (Phi) is 6.30. The molecule has 1 aromatic heterocycles. The van der Waals surface area contributed by atoms with Crippen molar-refractivity contribution in [1.82, 2.24) is 5.32 Å². The number of nitrogens with one attached hydrogen (secondary N) is 1. The number of ether oxygens (including phenoxy) is 2. The zero-order chi connectivity index (χ0) is 18.4. The van der Waals surface area contributed by atoms with Crippen LogP contribution in [0.25, 0.3) is 0 Å².